The van der Waals surface area contributed by atoms with Crippen LogP contribution in [0.1, 0.15) is 102 Å². The predicted molar refractivity (Wildman–Crippen MR) is 284 cm³/mol. The summed E-state index contributed by atoms with van der Waals surface area (Å²) in [7, 11) is 0. The number of para-hydroxylation sites is 3. The number of aromatic nitrogens is 2. The Morgan fingerprint density at radius 1 is 0.586 bits per heavy atom. The quantitative estimate of drug-likeness (QED) is 0.129. The van der Waals surface area contributed by atoms with E-state index in [-0.39, 0.29) is 22.8 Å². The van der Waals surface area contributed by atoms with Crippen LogP contribution in [0.15, 0.2) is 146 Å². The van der Waals surface area contributed by atoms with Crippen LogP contribution in [0.5, 0.6) is 11.5 Å². The number of rotatable bonds is 11. The molecule has 1 aliphatic heterocycles. The Morgan fingerprint density at radius 2 is 1.20 bits per heavy atom. The van der Waals surface area contributed by atoms with Crippen LogP contribution in [0.3, 0.4) is 0 Å². The molecule has 9 aromatic rings. The first-order chi connectivity index (χ1) is 33.6. The zero-order valence-corrected chi connectivity index (χ0v) is 41.5. The second-order valence-corrected chi connectivity index (χ2v) is 20.2. The largest absolute Gasteiger partial charge is 0.457 e. The highest BCUT2D eigenvalue weighted by Gasteiger charge is 2.33. The SMILES string of the molecule is CCc1cccc(CC)c1-c1cc(Oc2ccc3c4ccccc4n(-c4cc(C(C)(C)C)ccn4)c3c2)cc(N2CN(c3c(C(C)C)cc(-c4c(F)cc(F)cc4F)cc3C(C)C)c3ccccc32)c1. The van der Waals surface area contributed by atoms with Crippen LogP contribution in [0, 0.1) is 17.5 Å². The third-order valence-electron chi connectivity index (χ3n) is 13.9. The number of halogens is 3. The van der Waals surface area contributed by atoms with Gasteiger partial charge in [0.1, 0.15) is 41.4 Å². The first-order valence-electron chi connectivity index (χ1n) is 24.5. The fourth-order valence-electron chi connectivity index (χ4n) is 10.4. The van der Waals surface area contributed by atoms with Gasteiger partial charge in [0.2, 0.25) is 0 Å². The molecule has 3 heterocycles. The molecule has 0 fully saturated rings. The highest BCUT2D eigenvalue weighted by molar-refractivity contribution is 6.09. The molecule has 70 heavy (non-hydrogen) atoms. The minimum absolute atomic E-state index is 0.0178. The van der Waals surface area contributed by atoms with E-state index in [0.29, 0.717) is 23.7 Å². The summed E-state index contributed by atoms with van der Waals surface area (Å²) in [4.78, 5) is 9.59. The fraction of sp³-hybridized carbons (Fsp3) is 0.242. The van der Waals surface area contributed by atoms with Gasteiger partial charge in [0, 0.05) is 52.6 Å². The number of anilines is 4. The van der Waals surface area contributed by atoms with E-state index in [0.717, 1.165) is 92.0 Å². The number of hydrogen-bond acceptors (Lipinski definition) is 4. The molecule has 0 amide bonds. The average Bonchev–Trinajstić information content (AvgIpc) is 3.88. The molecule has 10 rings (SSSR count). The maximum atomic E-state index is 15.5. The second-order valence-electron chi connectivity index (χ2n) is 20.2. The van der Waals surface area contributed by atoms with Crippen molar-refractivity contribution in [2.45, 2.75) is 92.4 Å². The van der Waals surface area contributed by atoms with Crippen LogP contribution in [-0.2, 0) is 18.3 Å². The van der Waals surface area contributed by atoms with Crippen molar-refractivity contribution in [1.29, 1.82) is 0 Å². The molecule has 0 atom stereocenters. The van der Waals surface area contributed by atoms with E-state index in [1.54, 1.807) is 0 Å². The maximum absolute atomic E-state index is 15.5. The van der Waals surface area contributed by atoms with Gasteiger partial charge >= 0.3 is 0 Å². The molecule has 0 bridgehead atoms. The Hall–Kier alpha value is -7.32. The molecule has 5 nitrogen and oxygen atoms in total. The van der Waals surface area contributed by atoms with Gasteiger partial charge in [-0.05, 0) is 141 Å². The summed E-state index contributed by atoms with van der Waals surface area (Å²) in [6.07, 6.45) is 3.64. The van der Waals surface area contributed by atoms with E-state index >= 15 is 8.78 Å². The Kier molecular flexibility index (Phi) is 12.1. The van der Waals surface area contributed by atoms with Crippen molar-refractivity contribution in [3.05, 3.63) is 191 Å². The molecule has 0 N–H and O–H groups in total. The number of aryl methyl sites for hydroxylation is 2. The van der Waals surface area contributed by atoms with Crippen LogP contribution >= 0.6 is 0 Å². The van der Waals surface area contributed by atoms with Crippen molar-refractivity contribution in [1.82, 2.24) is 9.55 Å². The maximum Gasteiger partial charge on any atom is 0.137 e. The van der Waals surface area contributed by atoms with E-state index in [1.165, 1.54) is 22.3 Å². The average molecular weight is 933 g/mol. The molecule has 7 aromatic carbocycles. The van der Waals surface area contributed by atoms with Gasteiger partial charge in [-0.2, -0.15) is 0 Å². The van der Waals surface area contributed by atoms with Crippen molar-refractivity contribution in [2.24, 2.45) is 0 Å². The Labute approximate surface area is 409 Å². The molecule has 0 spiro atoms. The van der Waals surface area contributed by atoms with Crippen LogP contribution < -0.4 is 14.5 Å². The summed E-state index contributed by atoms with van der Waals surface area (Å²) in [6, 6.07) is 46.0. The zero-order valence-electron chi connectivity index (χ0n) is 41.5. The van der Waals surface area contributed by atoms with Crippen molar-refractivity contribution < 1.29 is 17.9 Å². The van der Waals surface area contributed by atoms with E-state index in [1.807, 2.05) is 18.3 Å². The summed E-state index contributed by atoms with van der Waals surface area (Å²) in [5.41, 5.74) is 14.0. The highest BCUT2D eigenvalue weighted by atomic mass is 19.1. The van der Waals surface area contributed by atoms with Crippen LogP contribution in [0.2, 0.25) is 0 Å². The minimum Gasteiger partial charge on any atom is -0.457 e. The lowest BCUT2D eigenvalue weighted by Crippen LogP contribution is -2.26. The Balaban J connectivity index is 1.13. The van der Waals surface area contributed by atoms with Crippen molar-refractivity contribution in [3.8, 4) is 39.6 Å². The summed E-state index contributed by atoms with van der Waals surface area (Å²) >= 11 is 0. The van der Waals surface area contributed by atoms with Gasteiger partial charge in [0.15, 0.2) is 0 Å². The molecule has 0 aliphatic carbocycles. The number of fused-ring (bicyclic) bond motifs is 4. The first kappa shape index (κ1) is 46.4. The van der Waals surface area contributed by atoms with Gasteiger partial charge in [-0.25, -0.2) is 18.2 Å². The second kappa shape index (κ2) is 18.2. The lowest BCUT2D eigenvalue weighted by Gasteiger charge is -2.30. The van der Waals surface area contributed by atoms with E-state index in [4.69, 9.17) is 9.72 Å². The van der Waals surface area contributed by atoms with Gasteiger partial charge in [0.05, 0.1) is 28.0 Å². The van der Waals surface area contributed by atoms with E-state index in [2.05, 4.69) is 192 Å². The number of ether oxygens (including phenoxy) is 1. The zero-order chi connectivity index (χ0) is 49.2. The molecule has 0 unspecified atom stereocenters. The van der Waals surface area contributed by atoms with Crippen molar-refractivity contribution in [3.63, 3.8) is 0 Å². The third kappa shape index (κ3) is 8.27. The van der Waals surface area contributed by atoms with E-state index < -0.39 is 17.5 Å². The Morgan fingerprint density at radius 3 is 1.84 bits per heavy atom. The molecular formula is C62H59F3N4O. The van der Waals surface area contributed by atoms with Gasteiger partial charge in [0.25, 0.3) is 0 Å². The summed E-state index contributed by atoms with van der Waals surface area (Å²) in [6.45, 7) is 19.9. The number of pyridine rings is 1. The standard InChI is InChI=1S/C62H59F3N4O/c1-10-39-17-16-18-40(11-2)59(39)41-27-45(34-47(28-41)70-46-23-24-49-48-19-12-13-20-54(48)69(57(49)35-46)58-31-43(25-26-66-58)62(7,8)9)67-36-68(56-22-15-14-21-55(56)67)61-50(37(3)4)29-42(30-51(61)38(5)6)60-52(64)32-44(63)33-53(60)65/h12-35,37-38H,10-11,36H2,1-9H3. The van der Waals surface area contributed by atoms with Crippen LogP contribution in [0.25, 0.3) is 49.9 Å². The highest BCUT2D eigenvalue weighted by Crippen LogP contribution is 2.51. The molecule has 0 radical (unpaired) electrons. The van der Waals surface area contributed by atoms with Crippen molar-refractivity contribution in [2.75, 3.05) is 16.5 Å². The van der Waals surface area contributed by atoms with Crippen LogP contribution in [0.4, 0.5) is 35.9 Å². The number of nitrogens with zero attached hydrogens (tertiary/aromatic N) is 4. The smallest absolute Gasteiger partial charge is 0.137 e. The lowest BCUT2D eigenvalue weighted by atomic mass is 9.87. The molecule has 0 saturated carbocycles. The summed E-state index contributed by atoms with van der Waals surface area (Å²) < 4.78 is 54.4. The summed E-state index contributed by atoms with van der Waals surface area (Å²) in [5, 5.41) is 2.25. The monoisotopic (exact) mass is 932 g/mol. The van der Waals surface area contributed by atoms with Gasteiger partial charge in [-0.15, -0.1) is 0 Å². The molecular weight excluding hydrogens is 874 g/mol. The van der Waals surface area contributed by atoms with E-state index in [9.17, 15) is 4.39 Å². The Bertz CT molecular complexity index is 3400. The predicted octanol–water partition coefficient (Wildman–Crippen LogP) is 17.6. The molecule has 1 aliphatic rings. The number of benzene rings is 7. The molecule has 8 heteroatoms. The molecule has 354 valence electrons. The topological polar surface area (TPSA) is 33.5 Å². The third-order valence-corrected chi connectivity index (χ3v) is 13.9. The first-order valence-corrected chi connectivity index (χ1v) is 24.5. The van der Waals surface area contributed by atoms with Crippen LogP contribution in [-0.4, -0.2) is 16.2 Å². The minimum atomic E-state index is -0.945. The van der Waals surface area contributed by atoms with Gasteiger partial charge in [-0.3, -0.25) is 4.57 Å². The molecule has 0 saturated heterocycles. The summed E-state index contributed by atoms with van der Waals surface area (Å²) in [5.74, 6) is -0.577. The van der Waals surface area contributed by atoms with Gasteiger partial charge < -0.3 is 14.5 Å². The number of hydrogen-bond donors (Lipinski definition) is 0. The van der Waals surface area contributed by atoms with Gasteiger partial charge in [-0.1, -0.05) is 111 Å². The normalized spacial score (nSPS) is 12.8. The molecule has 2 aromatic heterocycles. The fourth-order valence-corrected chi connectivity index (χ4v) is 10.4. The van der Waals surface area contributed by atoms with Crippen molar-refractivity contribution >= 4 is 44.6 Å². The lowest BCUT2D eigenvalue weighted by molar-refractivity contribution is 0.483.